The minimum absolute atomic E-state index is 0.0195. The van der Waals surface area contributed by atoms with Crippen molar-refractivity contribution in [3.63, 3.8) is 0 Å². The van der Waals surface area contributed by atoms with Crippen LogP contribution in [0.15, 0.2) is 48.0 Å². The number of esters is 1. The molecule has 0 radical (unpaired) electrons. The number of carbonyl (C=O) groups excluding carboxylic acids is 3. The molecular formula is C24H18ClFN2O6S. The summed E-state index contributed by atoms with van der Waals surface area (Å²) in [6, 6.07) is 8.43. The zero-order valence-electron chi connectivity index (χ0n) is 18.7. The van der Waals surface area contributed by atoms with Gasteiger partial charge in [0, 0.05) is 5.56 Å². The van der Waals surface area contributed by atoms with Crippen molar-refractivity contribution in [3.8, 4) is 5.75 Å². The first-order chi connectivity index (χ1) is 16.7. The fourth-order valence-electron chi connectivity index (χ4n) is 3.76. The van der Waals surface area contributed by atoms with Gasteiger partial charge in [-0.1, -0.05) is 35.1 Å². The van der Waals surface area contributed by atoms with Crippen molar-refractivity contribution in [1.82, 2.24) is 4.98 Å². The second-order valence-electron chi connectivity index (χ2n) is 7.48. The third-order valence-corrected chi connectivity index (χ3v) is 6.83. The number of hydrogen-bond donors (Lipinski definition) is 1. The molecule has 1 amide bonds. The van der Waals surface area contributed by atoms with Crippen molar-refractivity contribution in [2.75, 3.05) is 19.1 Å². The topological polar surface area (TPSA) is 106 Å². The normalized spacial score (nSPS) is 17.1. The van der Waals surface area contributed by atoms with E-state index in [2.05, 4.69) is 4.98 Å². The van der Waals surface area contributed by atoms with Crippen LogP contribution < -0.4 is 9.64 Å². The van der Waals surface area contributed by atoms with Crippen molar-refractivity contribution in [2.24, 2.45) is 0 Å². The van der Waals surface area contributed by atoms with E-state index in [1.807, 2.05) is 0 Å². The number of aryl methyl sites for hydroxylation is 1. The van der Waals surface area contributed by atoms with Crippen LogP contribution in [0.2, 0.25) is 5.02 Å². The molecule has 0 spiro atoms. The zero-order valence-corrected chi connectivity index (χ0v) is 20.2. The van der Waals surface area contributed by atoms with Crippen LogP contribution in [0.5, 0.6) is 5.75 Å². The third kappa shape index (κ3) is 4.26. The van der Waals surface area contributed by atoms with E-state index in [0.29, 0.717) is 11.4 Å². The molecule has 1 fully saturated rings. The number of amides is 1. The fraction of sp³-hybridized carbons (Fsp3) is 0.167. The fourth-order valence-corrected chi connectivity index (χ4v) is 5.03. The number of methoxy groups -OCH3 is 2. The minimum atomic E-state index is -1.22. The number of carbonyl (C=O) groups is 3. The van der Waals surface area contributed by atoms with Crippen LogP contribution in [0.3, 0.4) is 0 Å². The van der Waals surface area contributed by atoms with E-state index in [1.54, 1.807) is 6.92 Å². The lowest BCUT2D eigenvalue weighted by atomic mass is 9.95. The average Bonchev–Trinajstić information content (AvgIpc) is 3.34. The predicted octanol–water partition coefficient (Wildman–Crippen LogP) is 4.67. The van der Waals surface area contributed by atoms with Gasteiger partial charge in [0.05, 0.1) is 36.6 Å². The lowest BCUT2D eigenvalue weighted by Crippen LogP contribution is -2.29. The summed E-state index contributed by atoms with van der Waals surface area (Å²) < 4.78 is 24.1. The lowest BCUT2D eigenvalue weighted by molar-refractivity contribution is -0.132. The number of nitrogens with zero attached hydrogens (tertiary/aromatic N) is 2. The van der Waals surface area contributed by atoms with Gasteiger partial charge in [0.15, 0.2) is 5.13 Å². The molecule has 35 heavy (non-hydrogen) atoms. The maximum absolute atomic E-state index is 14.2. The molecule has 4 rings (SSSR count). The van der Waals surface area contributed by atoms with Crippen molar-refractivity contribution in [3.05, 3.63) is 80.6 Å². The van der Waals surface area contributed by atoms with E-state index in [9.17, 15) is 23.9 Å². The average molecular weight is 517 g/mol. The van der Waals surface area contributed by atoms with Gasteiger partial charge in [-0.3, -0.25) is 14.5 Å². The highest BCUT2D eigenvalue weighted by Crippen LogP contribution is 2.44. The Kier molecular flexibility index (Phi) is 6.60. The SMILES string of the molecule is COC(=O)c1sc(N2C(=O)C(=O)/C(=C(/O)c3ccc(OC)c(Cl)c3)[C@H]2c2cccc(F)c2)nc1C. The summed E-state index contributed by atoms with van der Waals surface area (Å²) in [5.41, 5.74) is 0.381. The first kappa shape index (κ1) is 24.4. The summed E-state index contributed by atoms with van der Waals surface area (Å²) in [7, 11) is 2.63. The van der Waals surface area contributed by atoms with Crippen LogP contribution >= 0.6 is 22.9 Å². The number of anilines is 1. The first-order valence-electron chi connectivity index (χ1n) is 10.1. The number of aliphatic hydroxyl groups is 1. The molecule has 0 aliphatic carbocycles. The summed E-state index contributed by atoms with van der Waals surface area (Å²) in [5, 5.41) is 11.3. The van der Waals surface area contributed by atoms with Gasteiger partial charge in [-0.25, -0.2) is 14.2 Å². The summed E-state index contributed by atoms with van der Waals surface area (Å²) in [6.07, 6.45) is 0. The van der Waals surface area contributed by atoms with E-state index >= 15 is 0 Å². The monoisotopic (exact) mass is 516 g/mol. The summed E-state index contributed by atoms with van der Waals surface area (Å²) in [5.74, 6) is -3.42. The molecule has 8 nitrogen and oxygen atoms in total. The quantitative estimate of drug-likeness (QED) is 0.227. The molecule has 0 saturated carbocycles. The predicted molar refractivity (Wildman–Crippen MR) is 127 cm³/mol. The number of ether oxygens (including phenoxy) is 2. The number of ketones is 1. The van der Waals surface area contributed by atoms with Crippen molar-refractivity contribution >= 4 is 51.5 Å². The summed E-state index contributed by atoms with van der Waals surface area (Å²) in [4.78, 5) is 43.9. The van der Waals surface area contributed by atoms with Gasteiger partial charge in [-0.05, 0) is 42.8 Å². The van der Waals surface area contributed by atoms with Gasteiger partial charge >= 0.3 is 11.9 Å². The largest absolute Gasteiger partial charge is 0.507 e. The zero-order chi connectivity index (χ0) is 25.4. The Labute approximate surface area is 208 Å². The Hall–Kier alpha value is -3.76. The van der Waals surface area contributed by atoms with Crippen LogP contribution in [0.4, 0.5) is 9.52 Å². The molecule has 11 heteroatoms. The van der Waals surface area contributed by atoms with Crippen LogP contribution in [-0.4, -0.2) is 42.0 Å². The number of benzene rings is 2. The molecule has 180 valence electrons. The Balaban J connectivity index is 1.94. The van der Waals surface area contributed by atoms with E-state index < -0.39 is 35.3 Å². The molecule has 1 aliphatic heterocycles. The number of thiazole rings is 1. The minimum Gasteiger partial charge on any atom is -0.507 e. The van der Waals surface area contributed by atoms with Gasteiger partial charge < -0.3 is 14.6 Å². The van der Waals surface area contributed by atoms with E-state index in [0.717, 1.165) is 22.3 Å². The summed E-state index contributed by atoms with van der Waals surface area (Å²) >= 11 is 7.03. The maximum Gasteiger partial charge on any atom is 0.350 e. The van der Waals surface area contributed by atoms with Crippen molar-refractivity contribution in [2.45, 2.75) is 13.0 Å². The summed E-state index contributed by atoms with van der Waals surface area (Å²) in [6.45, 7) is 1.55. The molecule has 1 atom stereocenters. The van der Waals surface area contributed by atoms with Crippen LogP contribution in [0.25, 0.3) is 5.76 Å². The van der Waals surface area contributed by atoms with E-state index in [4.69, 9.17) is 21.1 Å². The third-order valence-electron chi connectivity index (χ3n) is 5.40. The molecule has 3 aromatic rings. The molecule has 0 bridgehead atoms. The van der Waals surface area contributed by atoms with Gasteiger partial charge in [0.2, 0.25) is 0 Å². The molecule has 1 aliphatic rings. The second-order valence-corrected chi connectivity index (χ2v) is 8.86. The van der Waals surface area contributed by atoms with Gasteiger partial charge in [-0.2, -0.15) is 0 Å². The Morgan fingerprint density at radius 2 is 1.94 bits per heavy atom. The Morgan fingerprint density at radius 3 is 2.57 bits per heavy atom. The molecule has 2 heterocycles. The molecule has 1 aromatic heterocycles. The standard InChI is InChI=1S/C24H18ClFN2O6S/c1-11-21(23(32)34-3)35-24(27-11)28-18(12-5-4-6-14(26)9-12)17(20(30)22(28)31)19(29)13-7-8-16(33-2)15(25)10-13/h4-10,18,29H,1-3H3/b19-17+/t18-/m1/s1. The van der Waals surface area contributed by atoms with Crippen molar-refractivity contribution < 1.29 is 33.4 Å². The van der Waals surface area contributed by atoms with Crippen molar-refractivity contribution in [1.29, 1.82) is 0 Å². The van der Waals surface area contributed by atoms with Crippen LogP contribution in [0, 0.1) is 12.7 Å². The Bertz CT molecular complexity index is 1400. The molecule has 2 aromatic carbocycles. The number of halogens is 2. The molecule has 1 N–H and O–H groups in total. The smallest absolute Gasteiger partial charge is 0.350 e. The van der Waals surface area contributed by atoms with Gasteiger partial charge in [0.25, 0.3) is 5.78 Å². The van der Waals surface area contributed by atoms with Crippen LogP contribution in [-0.2, 0) is 14.3 Å². The lowest BCUT2D eigenvalue weighted by Gasteiger charge is -2.23. The van der Waals surface area contributed by atoms with E-state index in [-0.39, 0.29) is 31.7 Å². The first-order valence-corrected chi connectivity index (χ1v) is 11.3. The second kappa shape index (κ2) is 9.47. The number of Topliss-reactive ketones (excluding diaryl/α,β-unsaturated/α-hetero) is 1. The Morgan fingerprint density at radius 1 is 1.20 bits per heavy atom. The molecule has 0 unspecified atom stereocenters. The number of aliphatic hydroxyl groups excluding tert-OH is 1. The number of aromatic nitrogens is 1. The highest BCUT2D eigenvalue weighted by atomic mass is 35.5. The molecule has 1 saturated heterocycles. The molecular weight excluding hydrogens is 499 g/mol. The van der Waals surface area contributed by atoms with Gasteiger partial charge in [-0.15, -0.1) is 0 Å². The highest BCUT2D eigenvalue weighted by molar-refractivity contribution is 7.17. The highest BCUT2D eigenvalue weighted by Gasteiger charge is 2.48. The van der Waals surface area contributed by atoms with Gasteiger partial charge in [0.1, 0.15) is 22.2 Å². The maximum atomic E-state index is 14.2. The number of hydrogen-bond acceptors (Lipinski definition) is 8. The van der Waals surface area contributed by atoms with E-state index in [1.165, 1.54) is 50.6 Å². The van der Waals surface area contributed by atoms with Crippen LogP contribution in [0.1, 0.15) is 32.5 Å². The number of rotatable bonds is 5.